The van der Waals surface area contributed by atoms with Gasteiger partial charge in [-0.05, 0) is 94.0 Å². The van der Waals surface area contributed by atoms with Crippen LogP contribution in [0.1, 0.15) is 64.4 Å². The summed E-state index contributed by atoms with van der Waals surface area (Å²) in [4.78, 5) is 16.4. The molecule has 1 atom stereocenters. The molecule has 1 heterocycles. The Hall–Kier alpha value is -2.17. The Balaban J connectivity index is 1.41. The fraction of sp³-hybridized carbons (Fsp3) is 0.545. The van der Waals surface area contributed by atoms with Gasteiger partial charge in [-0.25, -0.2) is 9.18 Å². The average molecular weight is 370 g/mol. The number of amides is 1. The molecule has 2 aliphatic rings. The fourth-order valence-corrected chi connectivity index (χ4v) is 4.55. The summed E-state index contributed by atoms with van der Waals surface area (Å²) in [5.74, 6) is 0.207. The number of carbonyl (C=O) groups excluding carboxylic acids is 1. The normalized spacial score (nSPS) is 27.6. The van der Waals surface area contributed by atoms with Crippen molar-refractivity contribution < 1.29 is 13.9 Å². The summed E-state index contributed by atoms with van der Waals surface area (Å²) >= 11 is 0. The second kappa shape index (κ2) is 6.47. The summed E-state index contributed by atoms with van der Waals surface area (Å²) < 4.78 is 19.1. The molecule has 27 heavy (non-hydrogen) atoms. The van der Waals surface area contributed by atoms with Gasteiger partial charge in [0.15, 0.2) is 0 Å². The maximum Gasteiger partial charge on any atom is 0.407 e. The van der Waals surface area contributed by atoms with E-state index >= 15 is 0 Å². The van der Waals surface area contributed by atoms with Gasteiger partial charge < -0.3 is 10.1 Å². The van der Waals surface area contributed by atoms with Crippen LogP contribution in [0, 0.1) is 11.2 Å². The van der Waals surface area contributed by atoms with Crippen LogP contribution in [0.2, 0.25) is 0 Å². The molecule has 1 amide bonds. The first-order valence-electron chi connectivity index (χ1n) is 9.79. The minimum absolute atomic E-state index is 0.215. The molecule has 0 unspecified atom stereocenters. The van der Waals surface area contributed by atoms with E-state index in [1.54, 1.807) is 12.1 Å². The van der Waals surface area contributed by atoms with E-state index in [1.807, 2.05) is 33.0 Å². The Morgan fingerprint density at radius 3 is 2.70 bits per heavy atom. The number of pyridine rings is 1. The SMILES string of the molecule is CC(C)(C)OC(=O)N[C@H]1CC12CCC(c1ccnc3ccc(F)cc13)CC2. The van der Waals surface area contributed by atoms with E-state index in [-0.39, 0.29) is 23.4 Å². The molecule has 4 nitrogen and oxygen atoms in total. The van der Waals surface area contributed by atoms with Crippen molar-refractivity contribution in [2.45, 2.75) is 70.4 Å². The van der Waals surface area contributed by atoms with E-state index in [1.165, 1.54) is 11.6 Å². The predicted molar refractivity (Wildman–Crippen MR) is 103 cm³/mol. The van der Waals surface area contributed by atoms with Gasteiger partial charge in [-0.3, -0.25) is 4.98 Å². The van der Waals surface area contributed by atoms with Crippen molar-refractivity contribution in [2.75, 3.05) is 0 Å². The minimum Gasteiger partial charge on any atom is -0.444 e. The van der Waals surface area contributed by atoms with Crippen molar-refractivity contribution in [1.29, 1.82) is 0 Å². The summed E-state index contributed by atoms with van der Waals surface area (Å²) in [6.07, 6.45) is 6.81. The van der Waals surface area contributed by atoms with Gasteiger partial charge in [-0.15, -0.1) is 0 Å². The van der Waals surface area contributed by atoms with Crippen LogP contribution < -0.4 is 5.32 Å². The Bertz CT molecular complexity index is 866. The summed E-state index contributed by atoms with van der Waals surface area (Å²) in [6, 6.07) is 7.08. The van der Waals surface area contributed by atoms with Gasteiger partial charge in [-0.2, -0.15) is 0 Å². The Labute approximate surface area is 159 Å². The Morgan fingerprint density at radius 1 is 1.26 bits per heavy atom. The van der Waals surface area contributed by atoms with Crippen LogP contribution in [-0.2, 0) is 4.74 Å². The molecule has 2 aliphatic carbocycles. The molecule has 4 rings (SSSR count). The Kier molecular flexibility index (Phi) is 4.36. The van der Waals surface area contributed by atoms with Crippen molar-refractivity contribution in [3.8, 4) is 0 Å². The average Bonchev–Trinajstić information content (AvgIpc) is 3.24. The van der Waals surface area contributed by atoms with Crippen LogP contribution in [0.25, 0.3) is 10.9 Å². The van der Waals surface area contributed by atoms with Gasteiger partial charge >= 0.3 is 6.09 Å². The third-order valence-corrected chi connectivity index (χ3v) is 6.04. The van der Waals surface area contributed by atoms with E-state index in [0.717, 1.165) is 43.0 Å². The second-order valence-corrected chi connectivity index (χ2v) is 9.10. The second-order valence-electron chi connectivity index (χ2n) is 9.10. The first-order chi connectivity index (χ1) is 12.8. The number of carbonyl (C=O) groups is 1. The number of hydrogen-bond acceptors (Lipinski definition) is 3. The minimum atomic E-state index is -0.471. The number of halogens is 1. The van der Waals surface area contributed by atoms with Crippen LogP contribution in [0.5, 0.6) is 0 Å². The van der Waals surface area contributed by atoms with Gasteiger partial charge in [0.25, 0.3) is 0 Å². The van der Waals surface area contributed by atoms with Crippen molar-refractivity contribution >= 4 is 17.0 Å². The number of aromatic nitrogens is 1. The molecule has 144 valence electrons. The first-order valence-corrected chi connectivity index (χ1v) is 9.79. The highest BCUT2D eigenvalue weighted by Gasteiger charge is 2.56. The zero-order valence-corrected chi connectivity index (χ0v) is 16.2. The van der Waals surface area contributed by atoms with Gasteiger partial charge in [0.05, 0.1) is 5.52 Å². The smallest absolute Gasteiger partial charge is 0.407 e. The highest BCUT2D eigenvalue weighted by molar-refractivity contribution is 5.82. The Morgan fingerprint density at radius 2 is 2.00 bits per heavy atom. The molecule has 0 aliphatic heterocycles. The lowest BCUT2D eigenvalue weighted by Crippen LogP contribution is -2.36. The zero-order chi connectivity index (χ0) is 19.2. The summed E-state index contributed by atoms with van der Waals surface area (Å²) in [5, 5.41) is 3.97. The molecule has 1 N–H and O–H groups in total. The zero-order valence-electron chi connectivity index (χ0n) is 16.2. The molecule has 1 aromatic heterocycles. The molecule has 0 radical (unpaired) electrons. The third kappa shape index (κ3) is 3.78. The third-order valence-electron chi connectivity index (χ3n) is 6.04. The number of fused-ring (bicyclic) bond motifs is 1. The predicted octanol–water partition coefficient (Wildman–Crippen LogP) is 5.31. The summed E-state index contributed by atoms with van der Waals surface area (Å²) in [5.41, 5.74) is 1.81. The molecular weight excluding hydrogens is 343 g/mol. The lowest BCUT2D eigenvalue weighted by Gasteiger charge is -2.30. The molecule has 2 saturated carbocycles. The van der Waals surface area contributed by atoms with Crippen LogP contribution in [0.15, 0.2) is 30.5 Å². The molecular formula is C22H27FN2O2. The van der Waals surface area contributed by atoms with E-state index in [2.05, 4.69) is 10.3 Å². The highest BCUT2D eigenvalue weighted by Crippen LogP contribution is 2.59. The monoisotopic (exact) mass is 370 g/mol. The quantitative estimate of drug-likeness (QED) is 0.779. The molecule has 1 spiro atoms. The van der Waals surface area contributed by atoms with E-state index in [4.69, 9.17) is 4.74 Å². The highest BCUT2D eigenvalue weighted by atomic mass is 19.1. The van der Waals surface area contributed by atoms with Crippen LogP contribution in [-0.4, -0.2) is 22.7 Å². The van der Waals surface area contributed by atoms with Gasteiger partial charge in [-0.1, -0.05) is 0 Å². The number of hydrogen-bond donors (Lipinski definition) is 1. The van der Waals surface area contributed by atoms with Crippen LogP contribution >= 0.6 is 0 Å². The molecule has 1 aromatic carbocycles. The van der Waals surface area contributed by atoms with Crippen molar-refractivity contribution in [3.63, 3.8) is 0 Å². The number of benzene rings is 1. The van der Waals surface area contributed by atoms with E-state index in [0.29, 0.717) is 5.92 Å². The number of alkyl carbamates (subject to hydrolysis) is 1. The standard InChI is InChI=1S/C22H27FN2O2/c1-21(2,3)27-20(26)25-19-13-22(19)9-6-14(7-10-22)16-8-11-24-18-5-4-15(23)12-17(16)18/h4-5,8,11-12,14,19H,6-7,9-10,13H2,1-3H3,(H,25,26)/t14?,19-,22?/m0/s1. The van der Waals surface area contributed by atoms with Crippen molar-refractivity contribution in [2.24, 2.45) is 5.41 Å². The number of rotatable bonds is 2. The first kappa shape index (κ1) is 18.2. The molecule has 0 saturated heterocycles. The van der Waals surface area contributed by atoms with Crippen molar-refractivity contribution in [1.82, 2.24) is 10.3 Å². The number of nitrogens with zero attached hydrogens (tertiary/aromatic N) is 1. The molecule has 5 heteroatoms. The summed E-state index contributed by atoms with van der Waals surface area (Å²) in [7, 11) is 0. The number of ether oxygens (including phenoxy) is 1. The van der Waals surface area contributed by atoms with E-state index < -0.39 is 5.60 Å². The van der Waals surface area contributed by atoms with Crippen LogP contribution in [0.3, 0.4) is 0 Å². The van der Waals surface area contributed by atoms with Crippen LogP contribution in [0.4, 0.5) is 9.18 Å². The topological polar surface area (TPSA) is 51.2 Å². The lowest BCUT2D eigenvalue weighted by atomic mass is 9.76. The van der Waals surface area contributed by atoms with Gasteiger partial charge in [0.2, 0.25) is 0 Å². The molecule has 0 bridgehead atoms. The fourth-order valence-electron chi connectivity index (χ4n) is 4.55. The molecule has 2 fully saturated rings. The largest absolute Gasteiger partial charge is 0.444 e. The summed E-state index contributed by atoms with van der Waals surface area (Å²) in [6.45, 7) is 5.63. The maximum atomic E-state index is 13.7. The van der Waals surface area contributed by atoms with Gasteiger partial charge in [0, 0.05) is 17.6 Å². The van der Waals surface area contributed by atoms with E-state index in [9.17, 15) is 9.18 Å². The number of nitrogens with one attached hydrogen (secondary N) is 1. The maximum absolute atomic E-state index is 13.7. The lowest BCUT2D eigenvalue weighted by molar-refractivity contribution is 0.0512. The van der Waals surface area contributed by atoms with Gasteiger partial charge in [0.1, 0.15) is 11.4 Å². The molecule has 2 aromatic rings. The van der Waals surface area contributed by atoms with Crippen molar-refractivity contribution in [3.05, 3.63) is 41.8 Å².